The van der Waals surface area contributed by atoms with Crippen molar-refractivity contribution >= 4 is 35.3 Å². The van der Waals surface area contributed by atoms with Crippen LogP contribution in [0.1, 0.15) is 28.7 Å². The predicted octanol–water partition coefficient (Wildman–Crippen LogP) is 3.94. The fourth-order valence-electron chi connectivity index (χ4n) is 2.53. The van der Waals surface area contributed by atoms with E-state index in [-0.39, 0.29) is 30.8 Å². The standard InChI is InChI=1S/C19H26N2O2S.ClH/c1-4-15-6-8-16(9-7-15)21(13-18-10-5-14(2)24-18)19(22)11-17(12-20)23-3;/h5-10,17H,4,11-13,20H2,1-3H3;1H. The minimum absolute atomic E-state index is 0. The Morgan fingerprint density at radius 2 is 1.92 bits per heavy atom. The zero-order valence-electron chi connectivity index (χ0n) is 15.0. The first-order valence-electron chi connectivity index (χ1n) is 8.24. The first-order chi connectivity index (χ1) is 11.6. The predicted molar refractivity (Wildman–Crippen MR) is 108 cm³/mol. The number of ether oxygens (including phenoxy) is 1. The Bertz CT molecular complexity index is 654. The first-order valence-corrected chi connectivity index (χ1v) is 9.06. The van der Waals surface area contributed by atoms with Crippen LogP contribution < -0.4 is 10.6 Å². The van der Waals surface area contributed by atoms with E-state index in [1.807, 2.05) is 17.0 Å². The second-order valence-electron chi connectivity index (χ2n) is 5.81. The van der Waals surface area contributed by atoms with Crippen LogP contribution in [0.2, 0.25) is 0 Å². The highest BCUT2D eigenvalue weighted by atomic mass is 35.5. The molecule has 0 aliphatic carbocycles. The molecule has 1 heterocycles. The van der Waals surface area contributed by atoms with Gasteiger partial charge in [0.1, 0.15) is 0 Å². The summed E-state index contributed by atoms with van der Waals surface area (Å²) in [6, 6.07) is 12.3. The van der Waals surface area contributed by atoms with Gasteiger partial charge in [-0.1, -0.05) is 19.1 Å². The van der Waals surface area contributed by atoms with Crippen molar-refractivity contribution in [3.05, 3.63) is 51.7 Å². The van der Waals surface area contributed by atoms with Gasteiger partial charge in [-0.15, -0.1) is 23.7 Å². The molecule has 0 radical (unpaired) electrons. The van der Waals surface area contributed by atoms with E-state index in [0.29, 0.717) is 13.1 Å². The third-order valence-electron chi connectivity index (χ3n) is 4.07. The molecule has 25 heavy (non-hydrogen) atoms. The van der Waals surface area contributed by atoms with Gasteiger partial charge in [0, 0.05) is 29.1 Å². The van der Waals surface area contributed by atoms with Crippen LogP contribution in [0, 0.1) is 6.92 Å². The van der Waals surface area contributed by atoms with Gasteiger partial charge in [-0.05, 0) is 43.2 Å². The van der Waals surface area contributed by atoms with E-state index in [1.54, 1.807) is 18.4 Å². The highest BCUT2D eigenvalue weighted by molar-refractivity contribution is 7.11. The molecule has 1 aromatic heterocycles. The quantitative estimate of drug-likeness (QED) is 0.752. The van der Waals surface area contributed by atoms with Crippen LogP contribution in [-0.2, 0) is 22.5 Å². The molecule has 2 N–H and O–H groups in total. The molecule has 1 atom stereocenters. The van der Waals surface area contributed by atoms with Crippen LogP contribution in [0.15, 0.2) is 36.4 Å². The smallest absolute Gasteiger partial charge is 0.229 e. The van der Waals surface area contributed by atoms with Gasteiger partial charge < -0.3 is 15.4 Å². The van der Waals surface area contributed by atoms with E-state index in [1.165, 1.54) is 15.3 Å². The summed E-state index contributed by atoms with van der Waals surface area (Å²) in [5.41, 5.74) is 7.84. The number of anilines is 1. The lowest BCUT2D eigenvalue weighted by Gasteiger charge is -2.24. The molecule has 0 saturated heterocycles. The monoisotopic (exact) mass is 382 g/mol. The molecule has 2 aromatic rings. The average molecular weight is 383 g/mol. The van der Waals surface area contributed by atoms with Crippen molar-refractivity contribution in [1.82, 2.24) is 0 Å². The summed E-state index contributed by atoms with van der Waals surface area (Å²) in [6.07, 6.45) is 1.02. The number of carbonyl (C=O) groups excluding carboxylic acids is 1. The molecule has 1 unspecified atom stereocenters. The Labute approximate surface area is 160 Å². The Morgan fingerprint density at radius 1 is 1.24 bits per heavy atom. The van der Waals surface area contributed by atoms with E-state index in [4.69, 9.17) is 10.5 Å². The number of halogens is 1. The highest BCUT2D eigenvalue weighted by Gasteiger charge is 2.20. The molecule has 0 saturated carbocycles. The van der Waals surface area contributed by atoms with Gasteiger partial charge in [0.15, 0.2) is 0 Å². The van der Waals surface area contributed by atoms with Crippen molar-refractivity contribution in [2.75, 3.05) is 18.6 Å². The average Bonchev–Trinajstić information content (AvgIpc) is 3.02. The summed E-state index contributed by atoms with van der Waals surface area (Å²) in [5, 5.41) is 0. The number of methoxy groups -OCH3 is 1. The minimum Gasteiger partial charge on any atom is -0.380 e. The van der Waals surface area contributed by atoms with E-state index in [2.05, 4.69) is 38.1 Å². The Hall–Kier alpha value is -1.40. The number of nitrogens with two attached hydrogens (primary N) is 1. The number of benzene rings is 1. The number of hydrogen-bond donors (Lipinski definition) is 1. The van der Waals surface area contributed by atoms with Crippen molar-refractivity contribution in [3.63, 3.8) is 0 Å². The molecule has 1 amide bonds. The van der Waals surface area contributed by atoms with E-state index in [9.17, 15) is 4.79 Å². The van der Waals surface area contributed by atoms with Gasteiger partial charge in [-0.2, -0.15) is 0 Å². The number of amides is 1. The van der Waals surface area contributed by atoms with E-state index < -0.39 is 0 Å². The van der Waals surface area contributed by atoms with Gasteiger partial charge in [0.2, 0.25) is 5.91 Å². The lowest BCUT2D eigenvalue weighted by Crippen LogP contribution is -2.35. The number of rotatable bonds is 8. The molecular formula is C19H27ClN2O2S. The number of carbonyl (C=O) groups is 1. The fourth-order valence-corrected chi connectivity index (χ4v) is 3.41. The summed E-state index contributed by atoms with van der Waals surface area (Å²) in [5.74, 6) is 0.0302. The third-order valence-corrected chi connectivity index (χ3v) is 5.05. The molecule has 0 aliphatic rings. The molecule has 0 bridgehead atoms. The molecule has 4 nitrogen and oxygen atoms in total. The SMILES string of the molecule is CCc1ccc(N(Cc2ccc(C)s2)C(=O)CC(CN)OC)cc1.Cl. The topological polar surface area (TPSA) is 55.6 Å². The van der Waals surface area contributed by atoms with Crippen LogP contribution in [0.25, 0.3) is 0 Å². The van der Waals surface area contributed by atoms with Gasteiger partial charge in [0.25, 0.3) is 0 Å². The molecule has 0 fully saturated rings. The van der Waals surface area contributed by atoms with Gasteiger partial charge in [-0.25, -0.2) is 0 Å². The summed E-state index contributed by atoms with van der Waals surface area (Å²) in [4.78, 5) is 17.1. The molecule has 0 spiro atoms. The number of thiophene rings is 1. The molecule has 6 heteroatoms. The number of hydrogen-bond acceptors (Lipinski definition) is 4. The largest absolute Gasteiger partial charge is 0.380 e. The van der Waals surface area contributed by atoms with E-state index >= 15 is 0 Å². The highest BCUT2D eigenvalue weighted by Crippen LogP contribution is 2.23. The zero-order valence-corrected chi connectivity index (χ0v) is 16.7. The van der Waals surface area contributed by atoms with E-state index in [0.717, 1.165) is 12.1 Å². The van der Waals surface area contributed by atoms with Crippen LogP contribution in [0.3, 0.4) is 0 Å². The third kappa shape index (κ3) is 6.12. The maximum Gasteiger partial charge on any atom is 0.229 e. The second kappa shape index (κ2) is 10.6. The lowest BCUT2D eigenvalue weighted by molar-refractivity contribution is -0.121. The number of nitrogens with zero attached hydrogens (tertiary/aromatic N) is 1. The Kier molecular flexibility index (Phi) is 9.14. The van der Waals surface area contributed by atoms with Gasteiger partial charge >= 0.3 is 0 Å². The fraction of sp³-hybridized carbons (Fsp3) is 0.421. The van der Waals surface area contributed by atoms with Crippen LogP contribution in [0.5, 0.6) is 0 Å². The van der Waals surface area contributed by atoms with Crippen LogP contribution in [-0.4, -0.2) is 25.7 Å². The van der Waals surface area contributed by atoms with Gasteiger partial charge in [-0.3, -0.25) is 4.79 Å². The summed E-state index contributed by atoms with van der Waals surface area (Å²) in [6.45, 7) is 5.11. The molecular weight excluding hydrogens is 356 g/mol. The van der Waals surface area contributed by atoms with Crippen LogP contribution >= 0.6 is 23.7 Å². The Morgan fingerprint density at radius 3 is 2.40 bits per heavy atom. The van der Waals surface area contributed by atoms with Crippen molar-refractivity contribution < 1.29 is 9.53 Å². The maximum absolute atomic E-state index is 12.8. The summed E-state index contributed by atoms with van der Waals surface area (Å²) < 4.78 is 5.28. The van der Waals surface area contributed by atoms with Crippen LogP contribution in [0.4, 0.5) is 5.69 Å². The molecule has 1 aromatic carbocycles. The van der Waals surface area contributed by atoms with Gasteiger partial charge in [0.05, 0.1) is 19.1 Å². The number of aryl methyl sites for hydroxylation is 2. The summed E-state index contributed by atoms with van der Waals surface area (Å²) in [7, 11) is 1.59. The lowest BCUT2D eigenvalue weighted by atomic mass is 10.1. The Balaban J connectivity index is 0.00000312. The zero-order chi connectivity index (χ0) is 17.5. The summed E-state index contributed by atoms with van der Waals surface area (Å²) >= 11 is 1.72. The minimum atomic E-state index is -0.250. The molecule has 2 rings (SSSR count). The second-order valence-corrected chi connectivity index (χ2v) is 7.18. The van der Waals surface area contributed by atoms with Crippen molar-refractivity contribution in [2.24, 2.45) is 5.73 Å². The molecule has 0 aliphatic heterocycles. The normalized spacial score (nSPS) is 11.7. The first kappa shape index (κ1) is 21.6. The van der Waals surface area contributed by atoms with Crippen molar-refractivity contribution in [1.29, 1.82) is 0 Å². The molecule has 138 valence electrons. The van der Waals surface area contributed by atoms with Crippen molar-refractivity contribution in [2.45, 2.75) is 39.3 Å². The maximum atomic E-state index is 12.8. The van der Waals surface area contributed by atoms with Crippen molar-refractivity contribution in [3.8, 4) is 0 Å².